The smallest absolute Gasteiger partial charge is 0.325 e. The van der Waals surface area contributed by atoms with E-state index in [4.69, 9.17) is 0 Å². The van der Waals surface area contributed by atoms with Gasteiger partial charge in [-0.25, -0.2) is 9.18 Å². The Hall–Kier alpha value is -2.64. The molecule has 0 atom stereocenters. The number of anilines is 1. The lowest BCUT2D eigenvalue weighted by molar-refractivity contribution is -0.140. The van der Waals surface area contributed by atoms with Gasteiger partial charge >= 0.3 is 6.03 Å². The number of piperazine rings is 1. The Labute approximate surface area is 195 Å². The lowest BCUT2D eigenvalue weighted by Crippen LogP contribution is -2.53. The van der Waals surface area contributed by atoms with Gasteiger partial charge in [0.25, 0.3) is 5.91 Å². The summed E-state index contributed by atoms with van der Waals surface area (Å²) in [5.74, 6) is -0.207. The predicted molar refractivity (Wildman–Crippen MR) is 124 cm³/mol. The van der Waals surface area contributed by atoms with E-state index in [0.717, 1.165) is 29.8 Å². The number of imide groups is 1. The van der Waals surface area contributed by atoms with E-state index in [1.807, 2.05) is 0 Å². The third kappa shape index (κ3) is 4.57. The SMILES string of the molecule is CCC(C)(C)C1CCC2(CC1)NC(=O)N(CC(=O)N1CCN(c3ccc(F)cc3)CC1)C2=O. The molecular weight excluding hydrogens is 423 g/mol. The van der Waals surface area contributed by atoms with Gasteiger partial charge in [0.15, 0.2) is 0 Å². The number of halogens is 1. The van der Waals surface area contributed by atoms with Gasteiger partial charge in [-0.05, 0) is 61.3 Å². The number of nitrogens with one attached hydrogen (secondary N) is 1. The van der Waals surface area contributed by atoms with Crippen LogP contribution in [0.2, 0.25) is 0 Å². The molecule has 0 aromatic heterocycles. The minimum Gasteiger partial charge on any atom is -0.368 e. The van der Waals surface area contributed by atoms with Crippen molar-refractivity contribution >= 4 is 23.5 Å². The fourth-order valence-electron chi connectivity index (χ4n) is 5.44. The van der Waals surface area contributed by atoms with Crippen LogP contribution in [-0.2, 0) is 9.59 Å². The van der Waals surface area contributed by atoms with Crippen molar-refractivity contribution in [3.05, 3.63) is 30.1 Å². The van der Waals surface area contributed by atoms with Gasteiger partial charge in [-0.2, -0.15) is 0 Å². The summed E-state index contributed by atoms with van der Waals surface area (Å²) in [7, 11) is 0. The van der Waals surface area contributed by atoms with E-state index >= 15 is 0 Å². The molecule has 1 aromatic carbocycles. The van der Waals surface area contributed by atoms with E-state index in [1.165, 1.54) is 12.1 Å². The van der Waals surface area contributed by atoms with Crippen molar-refractivity contribution in [1.29, 1.82) is 0 Å². The number of hydrogen-bond donors (Lipinski definition) is 1. The summed E-state index contributed by atoms with van der Waals surface area (Å²) in [6, 6.07) is 5.87. The highest BCUT2D eigenvalue weighted by Gasteiger charge is 2.54. The van der Waals surface area contributed by atoms with Crippen LogP contribution in [-0.4, -0.2) is 65.9 Å². The first-order chi connectivity index (χ1) is 15.6. The molecule has 7 nitrogen and oxygen atoms in total. The van der Waals surface area contributed by atoms with Gasteiger partial charge in [-0.1, -0.05) is 27.2 Å². The molecule has 4 amide bonds. The molecule has 2 heterocycles. The zero-order chi connectivity index (χ0) is 23.8. The average molecular weight is 459 g/mol. The van der Waals surface area contributed by atoms with Gasteiger partial charge in [0.2, 0.25) is 5.91 Å². The van der Waals surface area contributed by atoms with E-state index in [2.05, 4.69) is 31.0 Å². The summed E-state index contributed by atoms with van der Waals surface area (Å²) < 4.78 is 13.2. The monoisotopic (exact) mass is 458 g/mol. The quantitative estimate of drug-likeness (QED) is 0.687. The summed E-state index contributed by atoms with van der Waals surface area (Å²) in [6.07, 6.45) is 4.15. The van der Waals surface area contributed by atoms with Gasteiger partial charge in [-0.3, -0.25) is 14.5 Å². The Balaban J connectivity index is 1.32. The van der Waals surface area contributed by atoms with Gasteiger partial charge in [-0.15, -0.1) is 0 Å². The fraction of sp³-hybridized carbons (Fsp3) is 0.640. The van der Waals surface area contributed by atoms with Crippen molar-refractivity contribution in [2.45, 2.75) is 58.4 Å². The molecule has 33 heavy (non-hydrogen) atoms. The molecule has 1 spiro atoms. The number of urea groups is 1. The summed E-state index contributed by atoms with van der Waals surface area (Å²) in [5, 5.41) is 2.93. The predicted octanol–water partition coefficient (Wildman–Crippen LogP) is 3.39. The standard InChI is InChI=1S/C25H35FN4O3/c1-4-24(2,3)18-9-11-25(12-10-18)22(32)30(23(33)27-25)17-21(31)29-15-13-28(14-16-29)20-7-5-19(26)6-8-20/h5-8,18H,4,9-17H2,1-3H3,(H,27,33). The van der Waals surface area contributed by atoms with Crippen molar-refractivity contribution in [1.82, 2.24) is 15.1 Å². The second kappa shape index (κ2) is 8.95. The molecular formula is C25H35FN4O3. The van der Waals surface area contributed by atoms with Crippen LogP contribution in [0.3, 0.4) is 0 Å². The highest BCUT2D eigenvalue weighted by Crippen LogP contribution is 2.45. The molecule has 3 aliphatic rings. The Morgan fingerprint density at radius 3 is 2.27 bits per heavy atom. The van der Waals surface area contributed by atoms with E-state index in [9.17, 15) is 18.8 Å². The lowest BCUT2D eigenvalue weighted by atomic mass is 9.65. The maximum absolute atomic E-state index is 13.2. The Kier molecular flexibility index (Phi) is 6.38. The van der Waals surface area contributed by atoms with Crippen molar-refractivity contribution in [3.63, 3.8) is 0 Å². The van der Waals surface area contributed by atoms with Gasteiger partial charge in [0.05, 0.1) is 0 Å². The molecule has 180 valence electrons. The largest absolute Gasteiger partial charge is 0.368 e. The molecule has 0 bridgehead atoms. The molecule has 1 N–H and O–H groups in total. The van der Waals surface area contributed by atoms with E-state index in [-0.39, 0.29) is 29.6 Å². The summed E-state index contributed by atoms with van der Waals surface area (Å²) in [5.41, 5.74) is 0.291. The topological polar surface area (TPSA) is 73.0 Å². The number of carbonyl (C=O) groups is 3. The van der Waals surface area contributed by atoms with Crippen LogP contribution in [0.5, 0.6) is 0 Å². The molecule has 2 aliphatic heterocycles. The fourth-order valence-corrected chi connectivity index (χ4v) is 5.44. The first kappa shape index (κ1) is 23.5. The average Bonchev–Trinajstić information content (AvgIpc) is 3.03. The summed E-state index contributed by atoms with van der Waals surface area (Å²) >= 11 is 0. The van der Waals surface area contributed by atoms with Crippen LogP contribution in [0, 0.1) is 17.2 Å². The summed E-state index contributed by atoms with van der Waals surface area (Å²) in [6.45, 7) is 8.76. The van der Waals surface area contributed by atoms with Crippen LogP contribution >= 0.6 is 0 Å². The number of nitrogens with zero attached hydrogens (tertiary/aromatic N) is 3. The molecule has 1 aliphatic carbocycles. The Bertz CT molecular complexity index is 901. The molecule has 1 saturated carbocycles. The highest BCUT2D eigenvalue weighted by molar-refractivity contribution is 6.09. The zero-order valence-electron chi connectivity index (χ0n) is 19.9. The van der Waals surface area contributed by atoms with Gasteiger partial charge < -0.3 is 15.1 Å². The first-order valence-electron chi connectivity index (χ1n) is 12.1. The number of amides is 4. The maximum Gasteiger partial charge on any atom is 0.325 e. The highest BCUT2D eigenvalue weighted by atomic mass is 19.1. The molecule has 3 fully saturated rings. The van der Waals surface area contributed by atoms with Gasteiger partial charge in [0.1, 0.15) is 17.9 Å². The molecule has 4 rings (SSSR count). The zero-order valence-corrected chi connectivity index (χ0v) is 19.9. The van der Waals surface area contributed by atoms with E-state index in [1.54, 1.807) is 17.0 Å². The second-order valence-electron chi connectivity index (χ2n) is 10.4. The minimum absolute atomic E-state index is 0.213. The lowest BCUT2D eigenvalue weighted by Gasteiger charge is -2.42. The van der Waals surface area contributed by atoms with Crippen molar-refractivity contribution in [2.75, 3.05) is 37.6 Å². The summed E-state index contributed by atoms with van der Waals surface area (Å²) in [4.78, 5) is 43.7. The maximum atomic E-state index is 13.2. The van der Waals surface area contributed by atoms with Gasteiger partial charge in [0, 0.05) is 31.9 Å². The van der Waals surface area contributed by atoms with E-state index in [0.29, 0.717) is 44.9 Å². The van der Waals surface area contributed by atoms with Crippen LogP contribution in [0.4, 0.5) is 14.9 Å². The Morgan fingerprint density at radius 2 is 1.70 bits per heavy atom. The molecule has 8 heteroatoms. The number of benzene rings is 1. The van der Waals surface area contributed by atoms with E-state index < -0.39 is 11.6 Å². The van der Waals surface area contributed by atoms with Crippen LogP contribution < -0.4 is 10.2 Å². The normalized spacial score (nSPS) is 26.2. The van der Waals surface area contributed by atoms with Crippen molar-refractivity contribution in [3.8, 4) is 0 Å². The Morgan fingerprint density at radius 1 is 1.09 bits per heavy atom. The third-order valence-electron chi connectivity index (χ3n) is 8.22. The first-order valence-corrected chi connectivity index (χ1v) is 12.1. The number of rotatable bonds is 5. The number of hydrogen-bond acceptors (Lipinski definition) is 4. The molecule has 1 aromatic rings. The molecule has 0 unspecified atom stereocenters. The van der Waals surface area contributed by atoms with Crippen molar-refractivity contribution < 1.29 is 18.8 Å². The van der Waals surface area contributed by atoms with Crippen LogP contribution in [0.15, 0.2) is 24.3 Å². The molecule has 0 radical (unpaired) electrons. The molecule has 2 saturated heterocycles. The third-order valence-corrected chi connectivity index (χ3v) is 8.22. The second-order valence-corrected chi connectivity index (χ2v) is 10.4. The van der Waals surface area contributed by atoms with Crippen LogP contribution in [0.1, 0.15) is 52.9 Å². The van der Waals surface area contributed by atoms with Crippen LogP contribution in [0.25, 0.3) is 0 Å². The number of carbonyl (C=O) groups excluding carboxylic acids is 3. The minimum atomic E-state index is -0.848. The van der Waals surface area contributed by atoms with Crippen molar-refractivity contribution in [2.24, 2.45) is 11.3 Å².